The van der Waals surface area contributed by atoms with Crippen LogP contribution in [0.4, 0.5) is 5.69 Å². The first kappa shape index (κ1) is 14.3. The topological polar surface area (TPSA) is 49.6 Å². The van der Waals surface area contributed by atoms with E-state index in [4.69, 9.17) is 5.73 Å². The molecule has 2 rings (SSSR count). The second kappa shape index (κ2) is 5.13. The average molecular weight is 326 g/mol. The lowest BCUT2D eigenvalue weighted by molar-refractivity contribution is 0.0312. The van der Waals surface area contributed by atoms with Crippen LogP contribution in [0.25, 0.3) is 0 Å². The number of rotatable bonds is 1. The van der Waals surface area contributed by atoms with Crippen LogP contribution in [0, 0.1) is 0 Å². The first-order chi connectivity index (χ1) is 8.81. The summed E-state index contributed by atoms with van der Waals surface area (Å²) in [4.78, 5) is 16.7. The normalized spacial score (nSPS) is 19.5. The molecule has 1 aromatic rings. The van der Waals surface area contributed by atoms with Gasteiger partial charge in [-0.2, -0.15) is 0 Å². The van der Waals surface area contributed by atoms with Gasteiger partial charge >= 0.3 is 0 Å². The van der Waals surface area contributed by atoms with Crippen molar-refractivity contribution in [1.82, 2.24) is 9.80 Å². The zero-order valence-electron chi connectivity index (χ0n) is 11.6. The third-order valence-electron chi connectivity index (χ3n) is 3.85. The molecule has 1 amide bonds. The van der Waals surface area contributed by atoms with Crippen molar-refractivity contribution in [2.75, 3.05) is 32.4 Å². The minimum Gasteiger partial charge on any atom is -0.398 e. The van der Waals surface area contributed by atoms with Crippen LogP contribution in [0.15, 0.2) is 22.7 Å². The quantitative estimate of drug-likeness (QED) is 0.805. The summed E-state index contributed by atoms with van der Waals surface area (Å²) in [5, 5.41) is 0. The Labute approximate surface area is 122 Å². The van der Waals surface area contributed by atoms with E-state index in [-0.39, 0.29) is 11.4 Å². The lowest BCUT2D eigenvalue weighted by Gasteiger charge is -2.45. The van der Waals surface area contributed by atoms with Gasteiger partial charge in [-0.3, -0.25) is 9.69 Å². The fraction of sp³-hybridized carbons (Fsp3) is 0.500. The third kappa shape index (κ3) is 2.92. The van der Waals surface area contributed by atoms with Crippen molar-refractivity contribution in [3.8, 4) is 0 Å². The number of carbonyl (C=O) groups is 1. The van der Waals surface area contributed by atoms with Crippen molar-refractivity contribution in [1.29, 1.82) is 0 Å². The summed E-state index contributed by atoms with van der Waals surface area (Å²) in [7, 11) is 2.09. The largest absolute Gasteiger partial charge is 0.398 e. The highest BCUT2D eigenvalue weighted by Crippen LogP contribution is 2.24. The molecule has 0 spiro atoms. The summed E-state index contributed by atoms with van der Waals surface area (Å²) >= 11 is 3.36. The molecule has 1 aliphatic heterocycles. The van der Waals surface area contributed by atoms with Gasteiger partial charge in [-0.05, 0) is 39.1 Å². The minimum absolute atomic E-state index is 0.00195. The molecule has 0 radical (unpaired) electrons. The van der Waals surface area contributed by atoms with Crippen LogP contribution in [-0.2, 0) is 0 Å². The molecule has 1 fully saturated rings. The second-order valence-corrected chi connectivity index (χ2v) is 6.61. The molecule has 19 heavy (non-hydrogen) atoms. The van der Waals surface area contributed by atoms with E-state index in [9.17, 15) is 4.79 Å². The lowest BCUT2D eigenvalue weighted by Crippen LogP contribution is -2.58. The van der Waals surface area contributed by atoms with E-state index in [0.717, 1.165) is 24.1 Å². The van der Waals surface area contributed by atoms with Gasteiger partial charge < -0.3 is 10.6 Å². The summed E-state index contributed by atoms with van der Waals surface area (Å²) in [6.45, 7) is 6.65. The van der Waals surface area contributed by atoms with Gasteiger partial charge in [0.2, 0.25) is 0 Å². The monoisotopic (exact) mass is 325 g/mol. The van der Waals surface area contributed by atoms with Crippen LogP contribution in [0.1, 0.15) is 24.2 Å². The Morgan fingerprint density at radius 1 is 1.37 bits per heavy atom. The number of carbonyl (C=O) groups excluding carboxylic acids is 1. The van der Waals surface area contributed by atoms with E-state index >= 15 is 0 Å². The summed E-state index contributed by atoms with van der Waals surface area (Å²) < 4.78 is 0.889. The van der Waals surface area contributed by atoms with Crippen molar-refractivity contribution in [3.05, 3.63) is 28.2 Å². The molecular formula is C14H20BrN3O. The van der Waals surface area contributed by atoms with Gasteiger partial charge in [0.15, 0.2) is 0 Å². The molecular weight excluding hydrogens is 306 g/mol. The standard InChI is InChI=1S/C14H20BrN3O/c1-14(2)9-18(7-6-17(14)3)13(19)11-5-4-10(15)8-12(11)16/h4-5,8H,6-7,9,16H2,1-3H3. The molecule has 1 heterocycles. The summed E-state index contributed by atoms with van der Waals surface area (Å²) in [6.07, 6.45) is 0. The van der Waals surface area contributed by atoms with Gasteiger partial charge in [0.05, 0.1) is 5.56 Å². The zero-order chi connectivity index (χ0) is 14.2. The molecule has 0 atom stereocenters. The van der Waals surface area contributed by atoms with Gasteiger partial charge in [0, 0.05) is 35.3 Å². The van der Waals surface area contributed by atoms with E-state index in [0.29, 0.717) is 11.3 Å². The van der Waals surface area contributed by atoms with E-state index < -0.39 is 0 Å². The van der Waals surface area contributed by atoms with Crippen molar-refractivity contribution in [2.45, 2.75) is 19.4 Å². The second-order valence-electron chi connectivity index (χ2n) is 5.69. The fourth-order valence-electron chi connectivity index (χ4n) is 2.31. The number of likely N-dealkylation sites (N-methyl/N-ethyl adjacent to an activating group) is 1. The number of halogens is 1. The Morgan fingerprint density at radius 3 is 2.63 bits per heavy atom. The highest BCUT2D eigenvalue weighted by Gasteiger charge is 2.33. The van der Waals surface area contributed by atoms with Crippen LogP contribution in [-0.4, -0.2) is 47.9 Å². The fourth-order valence-corrected chi connectivity index (χ4v) is 2.69. The van der Waals surface area contributed by atoms with Gasteiger partial charge in [0.25, 0.3) is 5.91 Å². The van der Waals surface area contributed by atoms with Gasteiger partial charge in [-0.25, -0.2) is 0 Å². The third-order valence-corrected chi connectivity index (χ3v) is 4.34. The predicted octanol–water partition coefficient (Wildman–Crippen LogP) is 2.20. The molecule has 1 aromatic carbocycles. The molecule has 0 saturated carbocycles. The smallest absolute Gasteiger partial charge is 0.256 e. The predicted molar refractivity (Wildman–Crippen MR) is 81.2 cm³/mol. The zero-order valence-corrected chi connectivity index (χ0v) is 13.2. The van der Waals surface area contributed by atoms with E-state index in [1.54, 1.807) is 12.1 Å². The molecule has 2 N–H and O–H groups in total. The number of nitrogens with zero attached hydrogens (tertiary/aromatic N) is 2. The number of anilines is 1. The Bertz CT molecular complexity index is 501. The highest BCUT2D eigenvalue weighted by atomic mass is 79.9. The molecule has 5 heteroatoms. The highest BCUT2D eigenvalue weighted by molar-refractivity contribution is 9.10. The van der Waals surface area contributed by atoms with Crippen molar-refractivity contribution < 1.29 is 4.79 Å². The van der Waals surface area contributed by atoms with E-state index in [1.807, 2.05) is 11.0 Å². The summed E-state index contributed by atoms with van der Waals surface area (Å²) in [5.41, 5.74) is 7.04. The summed E-state index contributed by atoms with van der Waals surface area (Å²) in [5.74, 6) is 0.0196. The molecule has 1 saturated heterocycles. The number of nitrogen functional groups attached to an aromatic ring is 1. The molecule has 0 bridgehead atoms. The van der Waals surface area contributed by atoms with Crippen LogP contribution in [0.2, 0.25) is 0 Å². The van der Waals surface area contributed by atoms with Crippen LogP contribution in [0.3, 0.4) is 0 Å². The van der Waals surface area contributed by atoms with E-state index in [1.165, 1.54) is 0 Å². The first-order valence-electron chi connectivity index (χ1n) is 6.37. The Morgan fingerprint density at radius 2 is 2.05 bits per heavy atom. The van der Waals surface area contributed by atoms with E-state index in [2.05, 4.69) is 41.7 Å². The van der Waals surface area contributed by atoms with Crippen molar-refractivity contribution in [2.24, 2.45) is 0 Å². The van der Waals surface area contributed by atoms with Crippen molar-refractivity contribution in [3.63, 3.8) is 0 Å². The SMILES string of the molecule is CN1CCN(C(=O)c2ccc(Br)cc2N)CC1(C)C. The average Bonchev–Trinajstić information content (AvgIpc) is 2.32. The number of piperazine rings is 1. The Balaban J connectivity index is 2.21. The molecule has 1 aliphatic rings. The number of benzene rings is 1. The number of hydrogen-bond donors (Lipinski definition) is 1. The number of nitrogens with two attached hydrogens (primary N) is 1. The molecule has 0 aliphatic carbocycles. The van der Waals surface area contributed by atoms with Gasteiger partial charge in [0.1, 0.15) is 0 Å². The number of hydrogen-bond acceptors (Lipinski definition) is 3. The summed E-state index contributed by atoms with van der Waals surface area (Å²) in [6, 6.07) is 5.41. The van der Waals surface area contributed by atoms with Gasteiger partial charge in [-0.15, -0.1) is 0 Å². The van der Waals surface area contributed by atoms with Crippen molar-refractivity contribution >= 4 is 27.5 Å². The lowest BCUT2D eigenvalue weighted by atomic mass is 9.99. The first-order valence-corrected chi connectivity index (χ1v) is 7.16. The Hall–Kier alpha value is -1.07. The maximum atomic E-state index is 12.5. The number of amides is 1. The Kier molecular flexibility index (Phi) is 3.87. The molecule has 0 aromatic heterocycles. The maximum absolute atomic E-state index is 12.5. The molecule has 104 valence electrons. The van der Waals surface area contributed by atoms with Crippen LogP contribution < -0.4 is 5.73 Å². The maximum Gasteiger partial charge on any atom is 0.256 e. The van der Waals surface area contributed by atoms with Crippen LogP contribution in [0.5, 0.6) is 0 Å². The minimum atomic E-state index is -0.00195. The molecule has 0 unspecified atom stereocenters. The molecule has 4 nitrogen and oxygen atoms in total. The van der Waals surface area contributed by atoms with Crippen LogP contribution >= 0.6 is 15.9 Å². The van der Waals surface area contributed by atoms with Gasteiger partial charge in [-0.1, -0.05) is 15.9 Å².